The summed E-state index contributed by atoms with van der Waals surface area (Å²) in [4.78, 5) is 26.8. The number of hydrogen-bond donors (Lipinski definition) is 1. The zero-order valence-electron chi connectivity index (χ0n) is 17.0. The summed E-state index contributed by atoms with van der Waals surface area (Å²) in [5.41, 5.74) is 7.84. The first kappa shape index (κ1) is 21.7. The highest BCUT2D eigenvalue weighted by Gasteiger charge is 2.33. The number of pyridine rings is 1. The lowest BCUT2D eigenvalue weighted by molar-refractivity contribution is 0.104. The summed E-state index contributed by atoms with van der Waals surface area (Å²) >= 11 is 0. The quantitative estimate of drug-likeness (QED) is 0.505. The number of ether oxygens (including phenoxy) is 3. The Kier molecular flexibility index (Phi) is 6.05. The summed E-state index contributed by atoms with van der Waals surface area (Å²) in [6.07, 6.45) is 0.616. The molecule has 0 radical (unpaired) electrons. The molecule has 2 N–H and O–H groups in total. The molecule has 0 fully saturated rings. The molecule has 7 nitrogen and oxygen atoms in total. The van der Waals surface area contributed by atoms with Gasteiger partial charge in [0.05, 0.1) is 38.0 Å². The Labute approximate surface area is 179 Å². The first-order chi connectivity index (χ1) is 14.0. The Morgan fingerprint density at radius 1 is 0.900 bits per heavy atom. The molecular weight excluding hydrogens is 408 g/mol. The number of nitrogens with zero attached hydrogens (tertiary/aromatic N) is 1. The topological polar surface area (TPSA) is 92.8 Å². The number of benzene rings is 2. The largest absolute Gasteiger partial charge is 0.497 e. The Morgan fingerprint density at radius 3 is 2.17 bits per heavy atom. The van der Waals surface area contributed by atoms with Gasteiger partial charge in [0.15, 0.2) is 17.3 Å². The predicted molar refractivity (Wildman–Crippen MR) is 118 cm³/mol. The third-order valence-electron chi connectivity index (χ3n) is 5.31. The molecule has 4 rings (SSSR count). The van der Waals surface area contributed by atoms with Crippen LogP contribution in [-0.2, 0) is 6.54 Å². The average molecular weight is 431 g/mol. The SMILES string of the molecule is COc1ccc2c(c1)C(=O)c1c-2n(CCCN)c(=O)c2cc(OC)c(OC)cc12.Cl. The first-order valence-corrected chi connectivity index (χ1v) is 9.31. The van der Waals surface area contributed by atoms with Crippen molar-refractivity contribution < 1.29 is 19.0 Å². The third-order valence-corrected chi connectivity index (χ3v) is 5.31. The molecule has 0 bridgehead atoms. The van der Waals surface area contributed by atoms with Crippen LogP contribution in [0.15, 0.2) is 35.1 Å². The van der Waals surface area contributed by atoms with Crippen molar-refractivity contribution in [1.82, 2.24) is 4.57 Å². The minimum atomic E-state index is -0.190. The van der Waals surface area contributed by atoms with Crippen LogP contribution >= 0.6 is 12.4 Å². The van der Waals surface area contributed by atoms with Crippen molar-refractivity contribution in [1.29, 1.82) is 0 Å². The average Bonchev–Trinajstić information content (AvgIpc) is 3.04. The van der Waals surface area contributed by atoms with Crippen molar-refractivity contribution in [3.8, 4) is 28.5 Å². The molecule has 3 aromatic rings. The Hall–Kier alpha value is -3.03. The maximum absolute atomic E-state index is 13.4. The lowest BCUT2D eigenvalue weighted by atomic mass is 10.0. The minimum Gasteiger partial charge on any atom is -0.497 e. The van der Waals surface area contributed by atoms with Gasteiger partial charge in [-0.25, -0.2) is 0 Å². The van der Waals surface area contributed by atoms with Crippen molar-refractivity contribution in [3.63, 3.8) is 0 Å². The second-order valence-electron chi connectivity index (χ2n) is 6.82. The zero-order chi connectivity index (χ0) is 20.7. The molecule has 0 saturated heterocycles. The monoisotopic (exact) mass is 430 g/mol. The standard InChI is InChI=1S/C22H22N2O5.ClH/c1-27-12-5-6-13-15(9-12)21(25)19-14-10-17(28-2)18(29-3)11-16(14)22(26)24(20(13)19)8-4-7-23;/h5-6,9-11H,4,7-8,23H2,1-3H3;1H. The molecule has 1 aromatic heterocycles. The van der Waals surface area contributed by atoms with E-state index in [4.69, 9.17) is 19.9 Å². The van der Waals surface area contributed by atoms with E-state index in [1.54, 1.807) is 35.9 Å². The van der Waals surface area contributed by atoms with Gasteiger partial charge >= 0.3 is 0 Å². The van der Waals surface area contributed by atoms with E-state index >= 15 is 0 Å². The fourth-order valence-corrected chi connectivity index (χ4v) is 3.92. The summed E-state index contributed by atoms with van der Waals surface area (Å²) in [5, 5.41) is 0.957. The van der Waals surface area contributed by atoms with E-state index in [9.17, 15) is 9.59 Å². The molecule has 0 atom stereocenters. The highest BCUT2D eigenvalue weighted by molar-refractivity contribution is 6.27. The van der Waals surface area contributed by atoms with Gasteiger partial charge in [-0.1, -0.05) is 0 Å². The highest BCUT2D eigenvalue weighted by Crippen LogP contribution is 2.43. The first-order valence-electron chi connectivity index (χ1n) is 9.31. The van der Waals surface area contributed by atoms with Crippen molar-refractivity contribution in [3.05, 3.63) is 51.8 Å². The number of halogens is 1. The number of hydrogen-bond acceptors (Lipinski definition) is 6. The van der Waals surface area contributed by atoms with Crippen molar-refractivity contribution in [2.45, 2.75) is 13.0 Å². The maximum atomic E-state index is 13.4. The van der Waals surface area contributed by atoms with E-state index in [2.05, 4.69) is 0 Å². The van der Waals surface area contributed by atoms with E-state index in [1.807, 2.05) is 6.07 Å². The fourth-order valence-electron chi connectivity index (χ4n) is 3.92. The normalized spacial score (nSPS) is 11.7. The number of ketones is 1. The van der Waals surface area contributed by atoms with E-state index < -0.39 is 0 Å². The van der Waals surface area contributed by atoms with Gasteiger partial charge in [-0.2, -0.15) is 0 Å². The van der Waals surface area contributed by atoms with Crippen LogP contribution in [0.25, 0.3) is 22.0 Å². The van der Waals surface area contributed by atoms with Gasteiger partial charge in [0.1, 0.15) is 5.75 Å². The number of carbonyl (C=O) groups excluding carboxylic acids is 1. The summed E-state index contributed by atoms with van der Waals surface area (Å²) < 4.78 is 17.7. The molecule has 0 amide bonds. The van der Waals surface area contributed by atoms with E-state index in [-0.39, 0.29) is 23.7 Å². The van der Waals surface area contributed by atoms with Crippen LogP contribution in [0.1, 0.15) is 22.3 Å². The summed E-state index contributed by atoms with van der Waals surface area (Å²) in [6, 6.07) is 8.65. The van der Waals surface area contributed by atoms with Crippen LogP contribution in [0.2, 0.25) is 0 Å². The number of aromatic nitrogens is 1. The fraction of sp³-hybridized carbons (Fsp3) is 0.273. The van der Waals surface area contributed by atoms with Crippen LogP contribution in [-0.4, -0.2) is 38.2 Å². The van der Waals surface area contributed by atoms with Crippen LogP contribution < -0.4 is 25.5 Å². The summed E-state index contributed by atoms with van der Waals surface area (Å²) in [7, 11) is 4.59. The Bertz CT molecular complexity index is 1200. The van der Waals surface area contributed by atoms with Crippen LogP contribution in [0.3, 0.4) is 0 Å². The number of nitrogens with two attached hydrogens (primary N) is 1. The van der Waals surface area contributed by atoms with Crippen molar-refractivity contribution in [2.24, 2.45) is 5.73 Å². The van der Waals surface area contributed by atoms with E-state index in [1.165, 1.54) is 14.2 Å². The highest BCUT2D eigenvalue weighted by atomic mass is 35.5. The summed E-state index contributed by atoms with van der Waals surface area (Å²) in [6.45, 7) is 0.856. The minimum absolute atomic E-state index is 0. The molecule has 0 aliphatic heterocycles. The number of methoxy groups -OCH3 is 3. The van der Waals surface area contributed by atoms with Crippen molar-refractivity contribution >= 4 is 29.0 Å². The molecule has 30 heavy (non-hydrogen) atoms. The second kappa shape index (κ2) is 8.38. The molecule has 8 heteroatoms. The van der Waals surface area contributed by atoms with Crippen LogP contribution in [0.4, 0.5) is 0 Å². The lowest BCUT2D eigenvalue weighted by Crippen LogP contribution is -2.24. The molecule has 1 heterocycles. The van der Waals surface area contributed by atoms with E-state index in [0.29, 0.717) is 64.4 Å². The third kappa shape index (κ3) is 3.11. The number of carbonyl (C=O) groups is 1. The molecule has 1 aliphatic carbocycles. The molecule has 158 valence electrons. The maximum Gasteiger partial charge on any atom is 0.259 e. The zero-order valence-corrected chi connectivity index (χ0v) is 17.8. The molecule has 0 saturated carbocycles. The van der Waals surface area contributed by atoms with Crippen LogP contribution in [0.5, 0.6) is 17.2 Å². The van der Waals surface area contributed by atoms with Gasteiger partial charge in [-0.15, -0.1) is 12.4 Å². The molecule has 1 aliphatic rings. The van der Waals surface area contributed by atoms with Gasteiger partial charge in [-0.3, -0.25) is 9.59 Å². The smallest absolute Gasteiger partial charge is 0.259 e. The lowest BCUT2D eigenvalue weighted by Gasteiger charge is -2.16. The van der Waals surface area contributed by atoms with Crippen molar-refractivity contribution in [2.75, 3.05) is 27.9 Å². The van der Waals surface area contributed by atoms with Gasteiger partial charge in [0.2, 0.25) is 0 Å². The van der Waals surface area contributed by atoms with Gasteiger partial charge in [0.25, 0.3) is 5.56 Å². The summed E-state index contributed by atoms with van der Waals surface area (Å²) in [5.74, 6) is 1.34. The van der Waals surface area contributed by atoms with Gasteiger partial charge < -0.3 is 24.5 Å². The number of fused-ring (bicyclic) bond motifs is 5. The van der Waals surface area contributed by atoms with Crippen LogP contribution in [0, 0.1) is 0 Å². The molecule has 0 spiro atoms. The predicted octanol–water partition coefficient (Wildman–Crippen LogP) is 3.01. The number of rotatable bonds is 6. The molecular formula is C22H23ClN2O5. The Morgan fingerprint density at radius 2 is 1.57 bits per heavy atom. The van der Waals surface area contributed by atoms with E-state index in [0.717, 1.165) is 5.56 Å². The Balaban J connectivity index is 0.00000256. The van der Waals surface area contributed by atoms with Gasteiger partial charge in [-0.05, 0) is 43.3 Å². The molecule has 0 unspecified atom stereocenters. The molecule has 2 aromatic carbocycles. The van der Waals surface area contributed by atoms with Gasteiger partial charge in [0, 0.05) is 23.1 Å². The second-order valence-corrected chi connectivity index (χ2v) is 6.82.